The van der Waals surface area contributed by atoms with E-state index in [0.717, 1.165) is 13.0 Å². The van der Waals surface area contributed by atoms with Gasteiger partial charge in [-0.2, -0.15) is 0 Å². The maximum Gasteiger partial charge on any atom is 0.237 e. The summed E-state index contributed by atoms with van der Waals surface area (Å²) in [5, 5.41) is 2.08. The Morgan fingerprint density at radius 1 is 1.52 bits per heavy atom. The molecule has 2 aliphatic rings. The van der Waals surface area contributed by atoms with Crippen LogP contribution in [0.2, 0.25) is 0 Å². The van der Waals surface area contributed by atoms with Gasteiger partial charge in [-0.15, -0.1) is 11.3 Å². The van der Waals surface area contributed by atoms with Gasteiger partial charge in [0.05, 0.1) is 18.1 Å². The average molecular weight is 328 g/mol. The molecule has 2 aliphatic heterocycles. The average Bonchev–Trinajstić information content (AvgIpc) is 3.03. The molecule has 5 nitrogen and oxygen atoms in total. The highest BCUT2D eigenvalue weighted by Gasteiger charge is 2.32. The summed E-state index contributed by atoms with van der Waals surface area (Å²) in [7, 11) is -1.05. The molecular formula is C14H20N2O3S2. The third-order valence-electron chi connectivity index (χ3n) is 4.38. The van der Waals surface area contributed by atoms with Crippen molar-refractivity contribution in [3.8, 4) is 0 Å². The van der Waals surface area contributed by atoms with E-state index < -0.39 is 9.84 Å². The molecule has 0 radical (unpaired) electrons. The molecule has 1 fully saturated rings. The van der Waals surface area contributed by atoms with E-state index in [1.165, 1.54) is 10.4 Å². The molecule has 0 aromatic carbocycles. The molecule has 0 unspecified atom stereocenters. The minimum atomic E-state index is -2.90. The predicted octanol–water partition coefficient (Wildman–Crippen LogP) is 0.752. The third-order valence-corrected chi connectivity index (χ3v) is 7.15. The van der Waals surface area contributed by atoms with Gasteiger partial charge >= 0.3 is 0 Å². The van der Waals surface area contributed by atoms with Crippen LogP contribution in [-0.4, -0.2) is 61.8 Å². The van der Waals surface area contributed by atoms with E-state index in [0.29, 0.717) is 19.5 Å². The van der Waals surface area contributed by atoms with Gasteiger partial charge in [0.2, 0.25) is 5.91 Å². The molecule has 1 amide bonds. The van der Waals surface area contributed by atoms with E-state index >= 15 is 0 Å². The van der Waals surface area contributed by atoms with Crippen LogP contribution in [0.1, 0.15) is 16.9 Å². The van der Waals surface area contributed by atoms with Crippen LogP contribution in [0.4, 0.5) is 0 Å². The molecule has 3 rings (SSSR count). The summed E-state index contributed by atoms with van der Waals surface area (Å²) in [4.78, 5) is 17.6. The van der Waals surface area contributed by atoms with E-state index in [1.54, 1.807) is 11.3 Å². The first-order chi connectivity index (χ1) is 9.94. The zero-order valence-corrected chi connectivity index (χ0v) is 13.8. The van der Waals surface area contributed by atoms with Crippen LogP contribution in [0, 0.1) is 0 Å². The van der Waals surface area contributed by atoms with Crippen molar-refractivity contribution in [3.05, 3.63) is 21.9 Å². The largest absolute Gasteiger partial charge is 0.337 e. The molecule has 1 aromatic rings. The van der Waals surface area contributed by atoms with Crippen LogP contribution in [0.15, 0.2) is 11.4 Å². The Morgan fingerprint density at radius 3 is 3.05 bits per heavy atom. The van der Waals surface area contributed by atoms with Crippen molar-refractivity contribution in [1.29, 1.82) is 0 Å². The summed E-state index contributed by atoms with van der Waals surface area (Å²) in [6, 6.07) is 2.08. The molecular weight excluding hydrogens is 308 g/mol. The molecule has 1 atom stereocenters. The molecule has 1 saturated heterocycles. The SMILES string of the molecule is CN(CC(=O)N1CCc2sccc2C1)[C@H]1CCS(=O)(=O)C1. The van der Waals surface area contributed by atoms with E-state index in [1.807, 2.05) is 16.8 Å². The van der Waals surface area contributed by atoms with Gasteiger partial charge < -0.3 is 4.90 Å². The van der Waals surface area contributed by atoms with Gasteiger partial charge in [0.15, 0.2) is 9.84 Å². The Labute approximate surface area is 129 Å². The molecule has 21 heavy (non-hydrogen) atoms. The number of fused-ring (bicyclic) bond motifs is 1. The lowest BCUT2D eigenvalue weighted by molar-refractivity contribution is -0.133. The van der Waals surface area contributed by atoms with Gasteiger partial charge in [-0.1, -0.05) is 0 Å². The number of hydrogen-bond donors (Lipinski definition) is 0. The van der Waals surface area contributed by atoms with Gasteiger partial charge in [0, 0.05) is 24.0 Å². The topological polar surface area (TPSA) is 57.7 Å². The number of rotatable bonds is 3. The van der Waals surface area contributed by atoms with Crippen LogP contribution in [0.3, 0.4) is 0 Å². The first-order valence-corrected chi connectivity index (χ1v) is 9.88. The molecule has 0 spiro atoms. The smallest absolute Gasteiger partial charge is 0.237 e. The minimum Gasteiger partial charge on any atom is -0.337 e. The fourth-order valence-electron chi connectivity index (χ4n) is 3.03. The number of hydrogen-bond acceptors (Lipinski definition) is 5. The van der Waals surface area contributed by atoms with Gasteiger partial charge in [-0.25, -0.2) is 8.42 Å². The normalized spacial score (nSPS) is 24.3. The molecule has 0 N–H and O–H groups in total. The number of carbonyl (C=O) groups excluding carboxylic acids is 1. The Hall–Kier alpha value is -0.920. The second-order valence-corrected chi connectivity index (χ2v) is 9.14. The second-order valence-electron chi connectivity index (χ2n) is 5.91. The molecule has 1 aromatic heterocycles. The minimum absolute atomic E-state index is 0.0135. The molecule has 7 heteroatoms. The Kier molecular flexibility index (Phi) is 4.07. The predicted molar refractivity (Wildman–Crippen MR) is 83.1 cm³/mol. The Bertz CT molecular complexity index is 638. The third kappa shape index (κ3) is 3.30. The maximum atomic E-state index is 12.4. The Balaban J connectivity index is 1.57. The maximum absolute atomic E-state index is 12.4. The summed E-state index contributed by atoms with van der Waals surface area (Å²) in [5.74, 6) is 0.530. The lowest BCUT2D eigenvalue weighted by atomic mass is 10.1. The molecule has 116 valence electrons. The highest BCUT2D eigenvalue weighted by atomic mass is 32.2. The van der Waals surface area contributed by atoms with E-state index in [4.69, 9.17) is 0 Å². The fourth-order valence-corrected chi connectivity index (χ4v) is 5.72. The lowest BCUT2D eigenvalue weighted by Crippen LogP contribution is -2.44. The molecule has 3 heterocycles. The van der Waals surface area contributed by atoms with Crippen molar-refractivity contribution >= 4 is 27.1 Å². The van der Waals surface area contributed by atoms with Gasteiger partial charge in [-0.3, -0.25) is 9.69 Å². The summed E-state index contributed by atoms with van der Waals surface area (Å²) in [6.07, 6.45) is 1.57. The highest BCUT2D eigenvalue weighted by Crippen LogP contribution is 2.24. The number of sulfone groups is 1. The first-order valence-electron chi connectivity index (χ1n) is 7.18. The van der Waals surface area contributed by atoms with E-state index in [-0.39, 0.29) is 23.5 Å². The lowest BCUT2D eigenvalue weighted by Gasteiger charge is -2.30. The molecule has 0 saturated carbocycles. The zero-order valence-electron chi connectivity index (χ0n) is 12.1. The number of thiophene rings is 1. The summed E-state index contributed by atoms with van der Waals surface area (Å²) >= 11 is 1.76. The first kappa shape index (κ1) is 15.0. The van der Waals surface area contributed by atoms with Crippen LogP contribution in [0.5, 0.6) is 0 Å². The Morgan fingerprint density at radius 2 is 2.33 bits per heavy atom. The van der Waals surface area contributed by atoms with Crippen molar-refractivity contribution < 1.29 is 13.2 Å². The van der Waals surface area contributed by atoms with Crippen molar-refractivity contribution in [2.24, 2.45) is 0 Å². The number of nitrogens with zero attached hydrogens (tertiary/aromatic N) is 2. The monoisotopic (exact) mass is 328 g/mol. The number of amides is 1. The molecule has 0 aliphatic carbocycles. The van der Waals surface area contributed by atoms with E-state index in [9.17, 15) is 13.2 Å². The van der Waals surface area contributed by atoms with Crippen molar-refractivity contribution in [2.75, 3.05) is 31.6 Å². The van der Waals surface area contributed by atoms with Gasteiger partial charge in [0.1, 0.15) is 0 Å². The fraction of sp³-hybridized carbons (Fsp3) is 0.643. The van der Waals surface area contributed by atoms with Crippen molar-refractivity contribution in [2.45, 2.75) is 25.4 Å². The zero-order chi connectivity index (χ0) is 15.0. The van der Waals surface area contributed by atoms with Crippen LogP contribution >= 0.6 is 11.3 Å². The number of likely N-dealkylation sites (N-methyl/N-ethyl adjacent to an activating group) is 1. The van der Waals surface area contributed by atoms with Crippen LogP contribution < -0.4 is 0 Å². The number of carbonyl (C=O) groups is 1. The van der Waals surface area contributed by atoms with Crippen molar-refractivity contribution in [1.82, 2.24) is 9.80 Å². The molecule has 0 bridgehead atoms. The quantitative estimate of drug-likeness (QED) is 0.822. The second kappa shape index (κ2) is 5.70. The standard InChI is InChI=1S/C14H20N2O3S2/c1-15(12-4-7-21(18,19)10-12)9-14(17)16-5-2-13-11(8-16)3-6-20-13/h3,6,12H,2,4-5,7-10H2,1H3/t12-/m0/s1. The van der Waals surface area contributed by atoms with Crippen LogP contribution in [0.25, 0.3) is 0 Å². The van der Waals surface area contributed by atoms with Crippen LogP contribution in [-0.2, 0) is 27.6 Å². The van der Waals surface area contributed by atoms with Gasteiger partial charge in [0.25, 0.3) is 0 Å². The van der Waals surface area contributed by atoms with Gasteiger partial charge in [-0.05, 0) is 36.9 Å². The summed E-state index contributed by atoms with van der Waals surface area (Å²) in [6.45, 7) is 1.76. The summed E-state index contributed by atoms with van der Waals surface area (Å²) < 4.78 is 23.0. The highest BCUT2D eigenvalue weighted by molar-refractivity contribution is 7.91. The van der Waals surface area contributed by atoms with Crippen molar-refractivity contribution in [3.63, 3.8) is 0 Å². The summed E-state index contributed by atoms with van der Waals surface area (Å²) in [5.41, 5.74) is 1.26. The van der Waals surface area contributed by atoms with E-state index in [2.05, 4.69) is 11.4 Å².